The SMILES string of the molecule is CC1=[C-]C(C)C(C)=C1C.Cl.Cl.[C-]1=CC=CC1.[CH2-]C[CH2-].[SiH3].[Zr+4]. The number of hydrogen-bond donors (Lipinski definition) is 0. The molecule has 0 aromatic rings. The first-order chi connectivity index (χ1) is 8.04. The minimum atomic E-state index is 0. The third kappa shape index (κ3) is 15.3. The van der Waals surface area contributed by atoms with Gasteiger partial charge in [-0.1, -0.05) is 26.7 Å². The summed E-state index contributed by atoms with van der Waals surface area (Å²) in [5.41, 5.74) is 4.25. The van der Waals surface area contributed by atoms with Gasteiger partial charge in [0.15, 0.2) is 0 Å². The van der Waals surface area contributed by atoms with E-state index in [1.54, 1.807) is 0 Å². The van der Waals surface area contributed by atoms with E-state index in [1.165, 1.54) is 16.7 Å². The van der Waals surface area contributed by atoms with Crippen LogP contribution in [0.5, 0.6) is 0 Å². The van der Waals surface area contributed by atoms with E-state index in [4.69, 9.17) is 0 Å². The molecule has 0 aromatic carbocycles. The standard InChI is InChI=1S/C9H13.C5H5.C3H6.2ClH.H3Si.Zr/c1-6-5-7(2)9(4)8(6)3;1-2-4-5-3-1;1-3-2;;;;/h6H,1-4H3;1-3H,4H2;1-3H2;2*1H;1H3;/q2*-1;-2;;;;+4. The van der Waals surface area contributed by atoms with Gasteiger partial charge in [0.1, 0.15) is 0 Å². The van der Waals surface area contributed by atoms with Crippen molar-refractivity contribution in [1.29, 1.82) is 0 Å². The zero-order chi connectivity index (χ0) is 13.3. The van der Waals surface area contributed by atoms with Gasteiger partial charge in [-0.15, -0.1) is 38.2 Å². The van der Waals surface area contributed by atoms with Crippen LogP contribution in [0.15, 0.2) is 34.9 Å². The Morgan fingerprint density at radius 1 is 1.19 bits per heavy atom. The quantitative estimate of drug-likeness (QED) is 0.390. The van der Waals surface area contributed by atoms with Gasteiger partial charge >= 0.3 is 26.2 Å². The van der Waals surface area contributed by atoms with Crippen molar-refractivity contribution in [3.8, 4) is 0 Å². The molecule has 0 saturated heterocycles. The van der Waals surface area contributed by atoms with Gasteiger partial charge in [-0.25, -0.2) is 17.7 Å². The van der Waals surface area contributed by atoms with Crippen LogP contribution in [-0.4, -0.2) is 11.0 Å². The predicted molar refractivity (Wildman–Crippen MR) is 101 cm³/mol. The van der Waals surface area contributed by atoms with Crippen molar-refractivity contribution < 1.29 is 26.2 Å². The second kappa shape index (κ2) is 20.6. The number of hydrogen-bond acceptors (Lipinski definition) is 0. The van der Waals surface area contributed by atoms with Crippen LogP contribution in [0, 0.1) is 31.9 Å². The third-order valence-electron chi connectivity index (χ3n) is 2.82. The molecule has 0 heterocycles. The maximum absolute atomic E-state index is 3.38. The summed E-state index contributed by atoms with van der Waals surface area (Å²) < 4.78 is 0. The topological polar surface area (TPSA) is 0 Å². The first kappa shape index (κ1) is 33.3. The van der Waals surface area contributed by atoms with E-state index < -0.39 is 0 Å². The summed E-state index contributed by atoms with van der Waals surface area (Å²) in [7, 11) is 0. The Kier molecular flexibility index (Phi) is 32.7. The molecule has 1 atom stereocenters. The molecule has 0 aromatic heterocycles. The largest absolute Gasteiger partial charge is 4.00 e. The van der Waals surface area contributed by atoms with Crippen LogP contribution in [0.25, 0.3) is 0 Å². The summed E-state index contributed by atoms with van der Waals surface area (Å²) in [6, 6.07) is 0. The molecular formula is C17H29Cl2SiZr. The zero-order valence-electron chi connectivity index (χ0n) is 14.0. The smallest absolute Gasteiger partial charge is 0.372 e. The van der Waals surface area contributed by atoms with Crippen molar-refractivity contribution in [1.82, 2.24) is 0 Å². The minimum absolute atomic E-state index is 0. The third-order valence-corrected chi connectivity index (χ3v) is 2.82. The Labute approximate surface area is 168 Å². The number of allylic oxidation sites excluding steroid dienone is 8. The summed E-state index contributed by atoms with van der Waals surface area (Å²) in [5.74, 6) is 0.560. The Balaban J connectivity index is -0.0000000626. The van der Waals surface area contributed by atoms with E-state index in [9.17, 15) is 0 Å². The van der Waals surface area contributed by atoms with E-state index in [1.807, 2.05) is 12.2 Å². The van der Waals surface area contributed by atoms with Gasteiger partial charge in [0.05, 0.1) is 0 Å². The molecule has 4 heteroatoms. The average molecular weight is 424 g/mol. The van der Waals surface area contributed by atoms with Gasteiger partial charge in [-0.3, -0.25) is 12.2 Å². The Morgan fingerprint density at radius 3 is 1.76 bits per heavy atom. The molecule has 0 saturated carbocycles. The van der Waals surface area contributed by atoms with Gasteiger partial charge in [-0.05, 0) is 11.0 Å². The van der Waals surface area contributed by atoms with E-state index in [0.717, 1.165) is 12.8 Å². The summed E-state index contributed by atoms with van der Waals surface area (Å²) in [6.45, 7) is 15.4. The molecule has 0 bridgehead atoms. The van der Waals surface area contributed by atoms with Gasteiger partial charge in [0.2, 0.25) is 0 Å². The molecule has 0 spiro atoms. The molecular weight excluding hydrogens is 394 g/mol. The van der Waals surface area contributed by atoms with Gasteiger partial charge < -0.3 is 20.3 Å². The van der Waals surface area contributed by atoms with Crippen LogP contribution in [0.4, 0.5) is 0 Å². The molecule has 21 heavy (non-hydrogen) atoms. The van der Waals surface area contributed by atoms with E-state index >= 15 is 0 Å². The van der Waals surface area contributed by atoms with Gasteiger partial charge in [-0.2, -0.15) is 17.2 Å². The fourth-order valence-electron chi connectivity index (χ4n) is 1.50. The maximum Gasteiger partial charge on any atom is 4.00 e. The van der Waals surface area contributed by atoms with E-state index in [0.29, 0.717) is 5.92 Å². The van der Waals surface area contributed by atoms with Gasteiger partial charge in [0, 0.05) is 0 Å². The fraction of sp³-hybridized carbons (Fsp3) is 0.412. The molecule has 0 N–H and O–H groups in total. The predicted octanol–water partition coefficient (Wildman–Crippen LogP) is 4.73. The van der Waals surface area contributed by atoms with Crippen LogP contribution in [0.1, 0.15) is 40.5 Å². The molecule has 0 fully saturated rings. The normalized spacial score (nSPS) is 16.7. The molecule has 0 nitrogen and oxygen atoms in total. The summed E-state index contributed by atoms with van der Waals surface area (Å²) in [4.78, 5) is 0. The second-order valence-electron chi connectivity index (χ2n) is 4.16. The number of halogens is 2. The van der Waals surface area contributed by atoms with E-state index in [2.05, 4.69) is 59.8 Å². The van der Waals surface area contributed by atoms with Crippen LogP contribution in [0.2, 0.25) is 0 Å². The van der Waals surface area contributed by atoms with Crippen molar-refractivity contribution >= 4 is 35.8 Å². The first-order valence-corrected chi connectivity index (χ1v) is 6.12. The van der Waals surface area contributed by atoms with Crippen molar-refractivity contribution in [3.63, 3.8) is 0 Å². The molecule has 0 aliphatic heterocycles. The Bertz CT molecular complexity index is 335. The van der Waals surface area contributed by atoms with Crippen LogP contribution in [-0.2, 0) is 26.2 Å². The molecule has 2 aliphatic carbocycles. The van der Waals surface area contributed by atoms with Crippen molar-refractivity contribution in [2.75, 3.05) is 0 Å². The zero-order valence-corrected chi connectivity index (χ0v) is 20.0. The summed E-state index contributed by atoms with van der Waals surface area (Å²) in [5, 5.41) is 0. The van der Waals surface area contributed by atoms with Crippen LogP contribution >= 0.6 is 24.8 Å². The fourth-order valence-corrected chi connectivity index (χ4v) is 1.50. The first-order valence-electron chi connectivity index (χ1n) is 6.12. The van der Waals surface area contributed by atoms with Crippen molar-refractivity contribution in [2.24, 2.45) is 5.92 Å². The van der Waals surface area contributed by atoms with Crippen molar-refractivity contribution in [2.45, 2.75) is 40.5 Å². The second-order valence-corrected chi connectivity index (χ2v) is 4.16. The molecule has 0 amide bonds. The van der Waals surface area contributed by atoms with Gasteiger partial charge in [0.25, 0.3) is 0 Å². The Hall–Kier alpha value is 0.640. The van der Waals surface area contributed by atoms with Crippen LogP contribution in [0.3, 0.4) is 0 Å². The average Bonchev–Trinajstić information content (AvgIpc) is 2.91. The summed E-state index contributed by atoms with van der Waals surface area (Å²) in [6.07, 6.45) is 14.1. The molecule has 1 unspecified atom stereocenters. The number of rotatable bonds is 0. The van der Waals surface area contributed by atoms with E-state index in [-0.39, 0.29) is 62.0 Å². The van der Waals surface area contributed by atoms with Crippen molar-refractivity contribution in [3.05, 3.63) is 60.9 Å². The molecule has 2 rings (SSSR count). The minimum Gasteiger partial charge on any atom is -0.372 e. The summed E-state index contributed by atoms with van der Waals surface area (Å²) >= 11 is 0. The monoisotopic (exact) mass is 421 g/mol. The molecule has 2 aliphatic rings. The Morgan fingerprint density at radius 2 is 1.67 bits per heavy atom. The maximum atomic E-state index is 3.38. The molecule has 1 radical (unpaired) electrons. The van der Waals surface area contributed by atoms with Crippen LogP contribution < -0.4 is 0 Å². The molecule has 119 valence electrons.